The van der Waals surface area contributed by atoms with Crippen molar-refractivity contribution in [3.05, 3.63) is 41.7 Å². The SMILES string of the molecule is CCCn1cc(OCC(=O)Nc2ccccc2Cl)cn1. The van der Waals surface area contributed by atoms with Crippen molar-refractivity contribution in [1.29, 1.82) is 0 Å². The van der Waals surface area contributed by atoms with Crippen LogP contribution >= 0.6 is 11.6 Å². The first-order chi connectivity index (χ1) is 9.69. The second-order valence-electron chi connectivity index (χ2n) is 4.26. The third-order valence-corrected chi connectivity index (χ3v) is 2.91. The predicted molar refractivity (Wildman–Crippen MR) is 78.1 cm³/mol. The molecule has 1 heterocycles. The van der Waals surface area contributed by atoms with Crippen LogP contribution in [0, 0.1) is 0 Å². The number of para-hydroxylation sites is 1. The normalized spacial score (nSPS) is 10.3. The highest BCUT2D eigenvalue weighted by Crippen LogP contribution is 2.20. The van der Waals surface area contributed by atoms with Crippen molar-refractivity contribution in [2.45, 2.75) is 19.9 Å². The minimum absolute atomic E-state index is 0.0803. The van der Waals surface area contributed by atoms with Gasteiger partial charge in [-0.1, -0.05) is 30.7 Å². The second kappa shape index (κ2) is 6.96. The van der Waals surface area contributed by atoms with Crippen LogP contribution in [0.25, 0.3) is 0 Å². The first kappa shape index (κ1) is 14.4. The summed E-state index contributed by atoms with van der Waals surface area (Å²) in [6.45, 7) is 2.82. The van der Waals surface area contributed by atoms with Gasteiger partial charge in [-0.3, -0.25) is 9.48 Å². The number of benzene rings is 1. The fraction of sp³-hybridized carbons (Fsp3) is 0.286. The number of carbonyl (C=O) groups is 1. The minimum atomic E-state index is -0.263. The number of aromatic nitrogens is 2. The molecule has 20 heavy (non-hydrogen) atoms. The van der Waals surface area contributed by atoms with Gasteiger partial charge in [0.25, 0.3) is 5.91 Å². The number of hydrogen-bond donors (Lipinski definition) is 1. The smallest absolute Gasteiger partial charge is 0.262 e. The van der Waals surface area contributed by atoms with Crippen molar-refractivity contribution in [2.24, 2.45) is 0 Å². The molecule has 1 N–H and O–H groups in total. The lowest BCUT2D eigenvalue weighted by Gasteiger charge is -2.07. The van der Waals surface area contributed by atoms with Crippen molar-refractivity contribution >= 4 is 23.2 Å². The van der Waals surface area contributed by atoms with Gasteiger partial charge in [0.2, 0.25) is 0 Å². The molecule has 0 fully saturated rings. The van der Waals surface area contributed by atoms with E-state index >= 15 is 0 Å². The Hall–Kier alpha value is -2.01. The van der Waals surface area contributed by atoms with Crippen molar-refractivity contribution in [3.63, 3.8) is 0 Å². The summed E-state index contributed by atoms with van der Waals surface area (Å²) < 4.78 is 7.15. The van der Waals surface area contributed by atoms with E-state index in [1.807, 2.05) is 0 Å². The van der Waals surface area contributed by atoms with Crippen molar-refractivity contribution in [2.75, 3.05) is 11.9 Å². The van der Waals surface area contributed by atoms with Gasteiger partial charge in [-0.25, -0.2) is 0 Å². The Morgan fingerprint density at radius 1 is 1.45 bits per heavy atom. The standard InChI is InChI=1S/C14H16ClN3O2/c1-2-7-18-9-11(8-16-18)20-10-14(19)17-13-6-4-3-5-12(13)15/h3-6,8-9H,2,7,10H2,1H3,(H,17,19). The summed E-state index contributed by atoms with van der Waals surface area (Å²) in [6.07, 6.45) is 4.36. The van der Waals surface area contributed by atoms with Crippen LogP contribution in [-0.4, -0.2) is 22.3 Å². The summed E-state index contributed by atoms with van der Waals surface area (Å²) in [5.41, 5.74) is 0.574. The van der Waals surface area contributed by atoms with Gasteiger partial charge in [0.05, 0.1) is 23.1 Å². The summed E-state index contributed by atoms with van der Waals surface area (Å²) in [6, 6.07) is 7.06. The average Bonchev–Trinajstić information content (AvgIpc) is 2.87. The molecule has 0 aliphatic carbocycles. The Balaban J connectivity index is 1.84. The monoisotopic (exact) mass is 293 g/mol. The van der Waals surface area contributed by atoms with Crippen molar-refractivity contribution in [1.82, 2.24) is 9.78 Å². The molecule has 1 amide bonds. The Morgan fingerprint density at radius 2 is 2.25 bits per heavy atom. The van der Waals surface area contributed by atoms with E-state index in [1.165, 1.54) is 0 Å². The first-order valence-electron chi connectivity index (χ1n) is 6.38. The van der Waals surface area contributed by atoms with E-state index in [-0.39, 0.29) is 12.5 Å². The van der Waals surface area contributed by atoms with E-state index in [4.69, 9.17) is 16.3 Å². The van der Waals surface area contributed by atoms with E-state index in [0.29, 0.717) is 16.5 Å². The molecule has 0 unspecified atom stereocenters. The number of carbonyl (C=O) groups excluding carboxylic acids is 1. The number of nitrogens with one attached hydrogen (secondary N) is 1. The number of halogens is 1. The number of ether oxygens (including phenoxy) is 1. The van der Waals surface area contributed by atoms with Crippen LogP contribution in [0.4, 0.5) is 5.69 Å². The highest BCUT2D eigenvalue weighted by molar-refractivity contribution is 6.33. The Kier molecular flexibility index (Phi) is 5.01. The molecule has 0 atom stereocenters. The van der Waals surface area contributed by atoms with Crippen LogP contribution in [0.5, 0.6) is 5.75 Å². The van der Waals surface area contributed by atoms with E-state index in [0.717, 1.165) is 13.0 Å². The second-order valence-corrected chi connectivity index (χ2v) is 4.66. The zero-order valence-electron chi connectivity index (χ0n) is 11.2. The fourth-order valence-electron chi connectivity index (χ4n) is 1.67. The van der Waals surface area contributed by atoms with Gasteiger partial charge < -0.3 is 10.1 Å². The van der Waals surface area contributed by atoms with Gasteiger partial charge >= 0.3 is 0 Å². The van der Waals surface area contributed by atoms with E-state index in [9.17, 15) is 4.79 Å². The maximum Gasteiger partial charge on any atom is 0.262 e. The van der Waals surface area contributed by atoms with Crippen LogP contribution in [0.2, 0.25) is 5.02 Å². The third-order valence-electron chi connectivity index (χ3n) is 2.58. The Labute approximate surface area is 122 Å². The highest BCUT2D eigenvalue weighted by Gasteiger charge is 2.07. The Bertz CT molecular complexity index is 583. The van der Waals surface area contributed by atoms with Crippen LogP contribution in [0.3, 0.4) is 0 Å². The summed E-state index contributed by atoms with van der Waals surface area (Å²) in [5.74, 6) is 0.314. The molecular formula is C14H16ClN3O2. The van der Waals surface area contributed by atoms with Gasteiger partial charge in [0.1, 0.15) is 0 Å². The molecule has 0 radical (unpaired) electrons. The lowest BCUT2D eigenvalue weighted by atomic mass is 10.3. The van der Waals surface area contributed by atoms with Gasteiger partial charge in [0.15, 0.2) is 12.4 Å². The molecule has 0 spiro atoms. The van der Waals surface area contributed by atoms with Crippen molar-refractivity contribution in [3.8, 4) is 5.75 Å². The molecule has 0 aliphatic rings. The fourth-order valence-corrected chi connectivity index (χ4v) is 1.85. The number of amides is 1. The van der Waals surface area contributed by atoms with Gasteiger partial charge in [-0.15, -0.1) is 0 Å². The molecule has 0 bridgehead atoms. The molecule has 0 saturated heterocycles. The van der Waals surface area contributed by atoms with Crippen LogP contribution in [0.15, 0.2) is 36.7 Å². The molecule has 1 aromatic carbocycles. The maximum absolute atomic E-state index is 11.7. The number of nitrogens with zero attached hydrogens (tertiary/aromatic N) is 2. The number of anilines is 1. The highest BCUT2D eigenvalue weighted by atomic mass is 35.5. The number of hydrogen-bond acceptors (Lipinski definition) is 3. The van der Waals surface area contributed by atoms with E-state index < -0.39 is 0 Å². The van der Waals surface area contributed by atoms with Crippen LogP contribution in [-0.2, 0) is 11.3 Å². The Morgan fingerprint density at radius 3 is 3.00 bits per heavy atom. The van der Waals surface area contributed by atoms with Gasteiger partial charge in [-0.2, -0.15) is 5.10 Å². The molecule has 0 saturated carbocycles. The number of rotatable bonds is 6. The lowest BCUT2D eigenvalue weighted by Crippen LogP contribution is -2.20. The molecule has 106 valence electrons. The molecule has 2 aromatic rings. The largest absolute Gasteiger partial charge is 0.480 e. The average molecular weight is 294 g/mol. The molecule has 2 rings (SSSR count). The summed E-state index contributed by atoms with van der Waals surface area (Å²) >= 11 is 5.95. The van der Waals surface area contributed by atoms with Crippen molar-refractivity contribution < 1.29 is 9.53 Å². The van der Waals surface area contributed by atoms with Gasteiger partial charge in [0, 0.05) is 6.54 Å². The lowest BCUT2D eigenvalue weighted by molar-refractivity contribution is -0.118. The predicted octanol–water partition coefficient (Wildman–Crippen LogP) is 2.96. The molecule has 5 nitrogen and oxygen atoms in total. The maximum atomic E-state index is 11.7. The van der Waals surface area contributed by atoms with Gasteiger partial charge in [-0.05, 0) is 18.6 Å². The minimum Gasteiger partial charge on any atom is -0.480 e. The molecular weight excluding hydrogens is 278 g/mol. The summed E-state index contributed by atoms with van der Waals surface area (Å²) in [4.78, 5) is 11.7. The molecule has 1 aromatic heterocycles. The van der Waals surface area contributed by atoms with E-state index in [2.05, 4.69) is 17.3 Å². The quantitative estimate of drug-likeness (QED) is 0.891. The van der Waals surface area contributed by atoms with E-state index in [1.54, 1.807) is 41.3 Å². The van der Waals surface area contributed by atoms with Crippen LogP contribution in [0.1, 0.15) is 13.3 Å². The third kappa shape index (κ3) is 3.99. The topological polar surface area (TPSA) is 56.1 Å². The number of aryl methyl sites for hydroxylation is 1. The van der Waals surface area contributed by atoms with Crippen LogP contribution < -0.4 is 10.1 Å². The molecule has 0 aliphatic heterocycles. The summed E-state index contributed by atoms with van der Waals surface area (Å²) in [7, 11) is 0. The zero-order valence-corrected chi connectivity index (χ0v) is 11.9. The first-order valence-corrected chi connectivity index (χ1v) is 6.76. The zero-order chi connectivity index (χ0) is 14.4. The molecule has 6 heteroatoms. The summed E-state index contributed by atoms with van der Waals surface area (Å²) in [5, 5.41) is 7.31.